The van der Waals surface area contributed by atoms with Crippen molar-refractivity contribution in [3.63, 3.8) is 0 Å². The number of rotatable bonds is 4. The highest BCUT2D eigenvalue weighted by Crippen LogP contribution is 2.17. The monoisotopic (exact) mass is 232 g/mol. The molecule has 15 heavy (non-hydrogen) atoms. The Morgan fingerprint density at radius 2 is 2.33 bits per heavy atom. The molecule has 1 heterocycles. The van der Waals surface area contributed by atoms with Gasteiger partial charge in [0.2, 0.25) is 5.91 Å². The molecule has 0 aliphatic carbocycles. The zero-order valence-electron chi connectivity index (χ0n) is 8.73. The van der Waals surface area contributed by atoms with Gasteiger partial charge in [-0.25, -0.2) is 4.79 Å². The summed E-state index contributed by atoms with van der Waals surface area (Å²) in [6.45, 7) is 1.14. The molecule has 5 nitrogen and oxygen atoms in total. The van der Waals surface area contributed by atoms with Gasteiger partial charge in [0.15, 0.2) is 0 Å². The smallest absolute Gasteiger partial charge is 0.327 e. The molecule has 1 aliphatic rings. The third-order valence-electron chi connectivity index (χ3n) is 2.32. The predicted octanol–water partition coefficient (Wildman–Crippen LogP) is -0.375. The molecule has 1 saturated heterocycles. The molecular formula is C9H16N2O3S. The maximum absolute atomic E-state index is 11.7. The Morgan fingerprint density at radius 3 is 2.93 bits per heavy atom. The lowest BCUT2D eigenvalue weighted by Crippen LogP contribution is -2.50. The van der Waals surface area contributed by atoms with Gasteiger partial charge in [0.1, 0.15) is 6.04 Å². The zero-order chi connectivity index (χ0) is 11.3. The first kappa shape index (κ1) is 12.3. The van der Waals surface area contributed by atoms with E-state index >= 15 is 0 Å². The van der Waals surface area contributed by atoms with Crippen LogP contribution in [0.1, 0.15) is 6.42 Å². The second kappa shape index (κ2) is 5.97. The van der Waals surface area contributed by atoms with Crippen molar-refractivity contribution in [2.75, 3.05) is 31.6 Å². The van der Waals surface area contributed by atoms with Crippen LogP contribution in [0.5, 0.6) is 0 Å². The van der Waals surface area contributed by atoms with Gasteiger partial charge in [-0.2, -0.15) is 11.8 Å². The fraction of sp³-hybridized carbons (Fsp3) is 0.778. The van der Waals surface area contributed by atoms with Gasteiger partial charge in [-0.3, -0.25) is 4.79 Å². The number of hydrogen-bond donors (Lipinski definition) is 2. The zero-order valence-corrected chi connectivity index (χ0v) is 9.55. The van der Waals surface area contributed by atoms with Crippen molar-refractivity contribution >= 4 is 23.6 Å². The molecule has 1 atom stereocenters. The highest BCUT2D eigenvalue weighted by molar-refractivity contribution is 7.99. The van der Waals surface area contributed by atoms with Gasteiger partial charge < -0.3 is 15.3 Å². The van der Waals surface area contributed by atoms with Gasteiger partial charge in [0.05, 0.1) is 0 Å². The van der Waals surface area contributed by atoms with E-state index in [1.807, 2.05) is 0 Å². The third kappa shape index (κ3) is 3.39. The Morgan fingerprint density at radius 1 is 1.60 bits per heavy atom. The van der Waals surface area contributed by atoms with Crippen LogP contribution in [0.2, 0.25) is 0 Å². The van der Waals surface area contributed by atoms with E-state index in [0.717, 1.165) is 5.75 Å². The van der Waals surface area contributed by atoms with E-state index in [9.17, 15) is 9.59 Å². The first-order valence-corrected chi connectivity index (χ1v) is 6.07. The van der Waals surface area contributed by atoms with E-state index in [1.54, 1.807) is 18.8 Å². The molecule has 1 rings (SSSR count). The van der Waals surface area contributed by atoms with E-state index < -0.39 is 12.0 Å². The summed E-state index contributed by atoms with van der Waals surface area (Å²) in [4.78, 5) is 24.1. The van der Waals surface area contributed by atoms with Gasteiger partial charge >= 0.3 is 5.97 Å². The number of carboxylic acid groups (broad SMARTS) is 1. The molecule has 0 aromatic carbocycles. The van der Waals surface area contributed by atoms with Crippen molar-refractivity contribution in [3.05, 3.63) is 0 Å². The molecule has 0 saturated carbocycles. The van der Waals surface area contributed by atoms with Crippen LogP contribution in [0, 0.1) is 0 Å². The van der Waals surface area contributed by atoms with Gasteiger partial charge in [0.25, 0.3) is 0 Å². The van der Waals surface area contributed by atoms with Crippen LogP contribution in [-0.4, -0.2) is 59.6 Å². The second-order valence-corrected chi connectivity index (χ2v) is 4.52. The minimum Gasteiger partial charge on any atom is -0.480 e. The summed E-state index contributed by atoms with van der Waals surface area (Å²) in [5.41, 5.74) is 0. The lowest BCUT2D eigenvalue weighted by Gasteiger charge is -2.32. The molecule has 0 aromatic heterocycles. The number of carbonyl (C=O) groups is 2. The van der Waals surface area contributed by atoms with Crippen molar-refractivity contribution in [1.29, 1.82) is 0 Å². The Balaban J connectivity index is 2.55. The third-order valence-corrected chi connectivity index (χ3v) is 3.35. The van der Waals surface area contributed by atoms with Crippen molar-refractivity contribution in [2.24, 2.45) is 0 Å². The second-order valence-electron chi connectivity index (χ2n) is 3.37. The summed E-state index contributed by atoms with van der Waals surface area (Å²) in [7, 11) is 1.77. The minimum atomic E-state index is -0.903. The Hall–Kier alpha value is -0.750. The number of hydrogen-bond acceptors (Lipinski definition) is 4. The Bertz CT molecular complexity index is 248. The van der Waals surface area contributed by atoms with Crippen molar-refractivity contribution in [3.8, 4) is 0 Å². The summed E-state index contributed by atoms with van der Waals surface area (Å²) in [6, 6.07) is -0.645. The largest absolute Gasteiger partial charge is 0.480 e. The lowest BCUT2D eigenvalue weighted by atomic mass is 10.2. The molecule has 1 amide bonds. The highest BCUT2D eigenvalue weighted by Gasteiger charge is 2.31. The predicted molar refractivity (Wildman–Crippen MR) is 59.0 cm³/mol. The van der Waals surface area contributed by atoms with E-state index in [0.29, 0.717) is 25.3 Å². The Kier molecular flexibility index (Phi) is 4.90. The molecule has 6 heteroatoms. The topological polar surface area (TPSA) is 69.6 Å². The quantitative estimate of drug-likeness (QED) is 0.692. The summed E-state index contributed by atoms with van der Waals surface area (Å²) in [6.07, 6.45) is 0.366. The van der Waals surface area contributed by atoms with Gasteiger partial charge in [-0.15, -0.1) is 0 Å². The standard InChI is InChI=1S/C9H16N2O3S/c1-10-3-2-8(12)11-4-5-15-6-7(11)9(13)14/h7,10H,2-6H2,1H3,(H,13,14). The van der Waals surface area contributed by atoms with Crippen LogP contribution in [0.15, 0.2) is 0 Å². The van der Waals surface area contributed by atoms with Gasteiger partial charge in [0, 0.05) is 31.0 Å². The van der Waals surface area contributed by atoms with Gasteiger partial charge in [-0.05, 0) is 7.05 Å². The molecule has 0 bridgehead atoms. The van der Waals surface area contributed by atoms with Gasteiger partial charge in [-0.1, -0.05) is 0 Å². The lowest BCUT2D eigenvalue weighted by molar-refractivity contribution is -0.149. The molecule has 86 valence electrons. The highest BCUT2D eigenvalue weighted by atomic mass is 32.2. The average molecular weight is 232 g/mol. The molecule has 1 fully saturated rings. The Labute approximate surface area is 93.2 Å². The van der Waals surface area contributed by atoms with E-state index in [-0.39, 0.29) is 5.91 Å². The fourth-order valence-corrected chi connectivity index (χ4v) is 2.52. The first-order valence-electron chi connectivity index (χ1n) is 4.91. The van der Waals surface area contributed by atoms with Crippen molar-refractivity contribution in [2.45, 2.75) is 12.5 Å². The normalized spacial score (nSPS) is 21.4. The van der Waals surface area contributed by atoms with Crippen LogP contribution in [-0.2, 0) is 9.59 Å². The van der Waals surface area contributed by atoms with Crippen LogP contribution >= 0.6 is 11.8 Å². The molecule has 0 radical (unpaired) electrons. The number of thioether (sulfide) groups is 1. The number of amides is 1. The van der Waals surface area contributed by atoms with Crippen LogP contribution < -0.4 is 5.32 Å². The van der Waals surface area contributed by atoms with Crippen LogP contribution in [0.3, 0.4) is 0 Å². The molecule has 2 N–H and O–H groups in total. The van der Waals surface area contributed by atoms with Crippen LogP contribution in [0.4, 0.5) is 0 Å². The van der Waals surface area contributed by atoms with E-state index in [1.165, 1.54) is 4.90 Å². The summed E-state index contributed by atoms with van der Waals surface area (Å²) in [5, 5.41) is 11.8. The average Bonchev–Trinajstić information content (AvgIpc) is 2.25. The maximum Gasteiger partial charge on any atom is 0.327 e. The molecule has 0 spiro atoms. The number of aliphatic carboxylic acids is 1. The minimum absolute atomic E-state index is 0.0722. The number of nitrogens with zero attached hydrogens (tertiary/aromatic N) is 1. The molecule has 1 aliphatic heterocycles. The molecule has 1 unspecified atom stereocenters. The number of nitrogens with one attached hydrogen (secondary N) is 1. The summed E-state index contributed by atoms with van der Waals surface area (Å²) >= 11 is 1.59. The summed E-state index contributed by atoms with van der Waals surface area (Å²) < 4.78 is 0. The SMILES string of the molecule is CNCCC(=O)N1CCSCC1C(=O)O. The van der Waals surface area contributed by atoms with Crippen LogP contribution in [0.25, 0.3) is 0 Å². The number of carboxylic acids is 1. The fourth-order valence-electron chi connectivity index (χ4n) is 1.48. The van der Waals surface area contributed by atoms with E-state index in [2.05, 4.69) is 5.32 Å². The van der Waals surface area contributed by atoms with E-state index in [4.69, 9.17) is 5.11 Å². The molecular weight excluding hydrogens is 216 g/mol. The van der Waals surface area contributed by atoms with Crippen molar-refractivity contribution < 1.29 is 14.7 Å². The number of carbonyl (C=O) groups excluding carboxylic acids is 1. The molecule has 0 aromatic rings. The summed E-state index contributed by atoms with van der Waals surface area (Å²) in [5.74, 6) is 0.354. The van der Waals surface area contributed by atoms with Crippen molar-refractivity contribution in [1.82, 2.24) is 10.2 Å². The first-order chi connectivity index (χ1) is 7.16. The maximum atomic E-state index is 11.7.